The number of halogens is 1. The molecule has 0 aromatic rings. The molecule has 0 radical (unpaired) electrons. The summed E-state index contributed by atoms with van der Waals surface area (Å²) < 4.78 is 16.1. The van der Waals surface area contributed by atoms with Crippen molar-refractivity contribution in [2.75, 3.05) is 6.67 Å². The number of aliphatic hydroxyl groups is 1. The van der Waals surface area contributed by atoms with Crippen molar-refractivity contribution in [2.24, 2.45) is 5.73 Å². The molecule has 0 spiro atoms. The number of carbonyl (C=O) groups excluding carboxylic acids is 1. The van der Waals surface area contributed by atoms with Crippen molar-refractivity contribution in [3.8, 4) is 0 Å². The molecule has 0 unspecified atom stereocenters. The molecule has 0 aromatic heterocycles. The van der Waals surface area contributed by atoms with Crippen molar-refractivity contribution in [1.29, 1.82) is 0 Å². The van der Waals surface area contributed by atoms with Gasteiger partial charge in [-0.2, -0.15) is 0 Å². The highest BCUT2D eigenvalue weighted by molar-refractivity contribution is 5.73. The van der Waals surface area contributed by atoms with Crippen molar-refractivity contribution in [2.45, 2.75) is 18.2 Å². The van der Waals surface area contributed by atoms with Crippen molar-refractivity contribution in [1.82, 2.24) is 0 Å². The van der Waals surface area contributed by atoms with E-state index in [0.717, 1.165) is 0 Å². The number of cyclic esters (lactones) is 1. The Kier molecular flexibility index (Phi) is 1.61. The fraction of sp³-hybridized carbons (Fsp3) is 0.800. The van der Waals surface area contributed by atoms with Crippen LogP contribution in [0.25, 0.3) is 0 Å². The average molecular weight is 149 g/mol. The number of carbonyl (C=O) groups is 1. The van der Waals surface area contributed by atoms with Gasteiger partial charge in [0.15, 0.2) is 6.67 Å². The van der Waals surface area contributed by atoms with Gasteiger partial charge in [0, 0.05) is 0 Å². The summed E-state index contributed by atoms with van der Waals surface area (Å²) in [5.74, 6) is -2.73. The van der Waals surface area contributed by atoms with Gasteiger partial charge in [-0.3, -0.25) is 4.79 Å². The van der Waals surface area contributed by atoms with Gasteiger partial charge in [0.1, 0.15) is 0 Å². The molecule has 1 aliphatic heterocycles. The van der Waals surface area contributed by atoms with E-state index in [2.05, 4.69) is 4.74 Å². The van der Waals surface area contributed by atoms with Crippen LogP contribution in [0, 0.1) is 0 Å². The molecule has 58 valence electrons. The van der Waals surface area contributed by atoms with Crippen LogP contribution in [0.15, 0.2) is 0 Å². The molecular formula is C5H8FNO3. The summed E-state index contributed by atoms with van der Waals surface area (Å²) in [5.41, 5.74) is 5.18. The molecule has 1 fully saturated rings. The summed E-state index contributed by atoms with van der Waals surface area (Å²) in [7, 11) is 0. The van der Waals surface area contributed by atoms with Gasteiger partial charge in [0.05, 0.1) is 12.5 Å². The SMILES string of the molecule is N[C@H]1CC(=O)O[C@]1(O)CF. The van der Waals surface area contributed by atoms with Gasteiger partial charge in [-0.15, -0.1) is 0 Å². The zero-order valence-electron chi connectivity index (χ0n) is 5.21. The van der Waals surface area contributed by atoms with Gasteiger partial charge in [-0.05, 0) is 0 Å². The van der Waals surface area contributed by atoms with Crippen LogP contribution in [-0.2, 0) is 9.53 Å². The first-order valence-corrected chi connectivity index (χ1v) is 2.84. The zero-order valence-corrected chi connectivity index (χ0v) is 5.21. The Balaban J connectivity index is 2.70. The van der Waals surface area contributed by atoms with E-state index in [1.165, 1.54) is 0 Å². The number of nitrogens with two attached hydrogens (primary N) is 1. The largest absolute Gasteiger partial charge is 0.428 e. The molecule has 1 saturated heterocycles. The summed E-state index contributed by atoms with van der Waals surface area (Å²) in [6, 6.07) is -0.940. The molecule has 0 amide bonds. The van der Waals surface area contributed by atoms with Gasteiger partial charge in [0.2, 0.25) is 0 Å². The number of hydrogen-bond donors (Lipinski definition) is 2. The summed E-state index contributed by atoms with van der Waals surface area (Å²) in [4.78, 5) is 10.4. The van der Waals surface area contributed by atoms with Gasteiger partial charge in [-0.25, -0.2) is 4.39 Å². The molecule has 5 heteroatoms. The fourth-order valence-electron chi connectivity index (χ4n) is 0.780. The molecule has 2 atom stereocenters. The van der Waals surface area contributed by atoms with Crippen molar-refractivity contribution in [3.63, 3.8) is 0 Å². The molecule has 0 aliphatic carbocycles. The Morgan fingerprint density at radius 1 is 2.00 bits per heavy atom. The highest BCUT2D eigenvalue weighted by Crippen LogP contribution is 2.22. The number of hydrogen-bond acceptors (Lipinski definition) is 4. The third-order valence-electron chi connectivity index (χ3n) is 1.45. The molecule has 4 nitrogen and oxygen atoms in total. The van der Waals surface area contributed by atoms with E-state index in [1.54, 1.807) is 0 Å². The van der Waals surface area contributed by atoms with E-state index in [0.29, 0.717) is 0 Å². The molecule has 0 saturated carbocycles. The second-order valence-electron chi connectivity index (χ2n) is 2.26. The quantitative estimate of drug-likeness (QED) is 0.465. The molecule has 0 aromatic carbocycles. The number of ether oxygens (including phenoxy) is 1. The Labute approximate surface area is 56.8 Å². The second-order valence-corrected chi connectivity index (χ2v) is 2.26. The van der Waals surface area contributed by atoms with E-state index in [-0.39, 0.29) is 6.42 Å². The second kappa shape index (κ2) is 2.17. The van der Waals surface area contributed by atoms with Gasteiger partial charge < -0.3 is 15.6 Å². The minimum absolute atomic E-state index is 0.125. The molecule has 0 bridgehead atoms. The lowest BCUT2D eigenvalue weighted by Gasteiger charge is -2.20. The summed E-state index contributed by atoms with van der Waals surface area (Å²) >= 11 is 0. The average Bonchev–Trinajstić information content (AvgIpc) is 2.09. The smallest absolute Gasteiger partial charge is 0.310 e. The topological polar surface area (TPSA) is 72.6 Å². The van der Waals surface area contributed by atoms with Crippen LogP contribution in [-0.4, -0.2) is 29.6 Å². The number of esters is 1. The lowest BCUT2D eigenvalue weighted by atomic mass is 10.1. The van der Waals surface area contributed by atoms with E-state index in [4.69, 9.17) is 10.8 Å². The van der Waals surface area contributed by atoms with Gasteiger partial charge >= 0.3 is 5.97 Å². The fourth-order valence-corrected chi connectivity index (χ4v) is 0.780. The van der Waals surface area contributed by atoms with Crippen LogP contribution in [0.4, 0.5) is 4.39 Å². The molecule has 10 heavy (non-hydrogen) atoms. The Morgan fingerprint density at radius 2 is 2.60 bits per heavy atom. The predicted molar refractivity (Wildman–Crippen MR) is 29.6 cm³/mol. The van der Waals surface area contributed by atoms with Crippen LogP contribution in [0.1, 0.15) is 6.42 Å². The summed E-state index contributed by atoms with van der Waals surface area (Å²) in [6.07, 6.45) is -0.125. The first-order chi connectivity index (χ1) is 4.58. The van der Waals surface area contributed by atoms with Crippen molar-refractivity contribution < 1.29 is 19.0 Å². The predicted octanol–water partition coefficient (Wildman–Crippen LogP) is -1.08. The van der Waals surface area contributed by atoms with Crippen LogP contribution >= 0.6 is 0 Å². The van der Waals surface area contributed by atoms with Crippen LogP contribution in [0.3, 0.4) is 0 Å². The monoisotopic (exact) mass is 149 g/mol. The third-order valence-corrected chi connectivity index (χ3v) is 1.45. The van der Waals surface area contributed by atoms with E-state index in [1.807, 2.05) is 0 Å². The Bertz CT molecular complexity index is 163. The highest BCUT2D eigenvalue weighted by atomic mass is 19.1. The molecule has 1 rings (SSSR count). The van der Waals surface area contributed by atoms with Gasteiger partial charge in [0.25, 0.3) is 5.79 Å². The summed E-state index contributed by atoms with van der Waals surface area (Å²) in [6.45, 7) is -1.15. The zero-order chi connectivity index (χ0) is 7.78. The number of alkyl halides is 1. The number of rotatable bonds is 1. The maximum Gasteiger partial charge on any atom is 0.310 e. The third kappa shape index (κ3) is 0.975. The Morgan fingerprint density at radius 3 is 2.80 bits per heavy atom. The lowest BCUT2D eigenvalue weighted by molar-refractivity contribution is -0.197. The molecule has 3 N–H and O–H groups in total. The molecule has 1 aliphatic rings. The maximum absolute atomic E-state index is 11.9. The lowest BCUT2D eigenvalue weighted by Crippen LogP contribution is -2.46. The van der Waals surface area contributed by atoms with Gasteiger partial charge in [-0.1, -0.05) is 0 Å². The summed E-state index contributed by atoms with van der Waals surface area (Å²) in [5, 5.41) is 9.00. The molecule has 1 heterocycles. The normalized spacial score (nSPS) is 39.9. The van der Waals surface area contributed by atoms with Crippen LogP contribution in [0.2, 0.25) is 0 Å². The highest BCUT2D eigenvalue weighted by Gasteiger charge is 2.46. The van der Waals surface area contributed by atoms with Crippen molar-refractivity contribution >= 4 is 5.97 Å². The first kappa shape index (κ1) is 7.43. The van der Waals surface area contributed by atoms with Crippen molar-refractivity contribution in [3.05, 3.63) is 0 Å². The molecular weight excluding hydrogens is 141 g/mol. The van der Waals surface area contributed by atoms with E-state index >= 15 is 0 Å². The maximum atomic E-state index is 11.9. The van der Waals surface area contributed by atoms with E-state index < -0.39 is 24.5 Å². The standard InChI is InChI=1S/C5H8FNO3/c6-2-5(9)3(7)1-4(8)10-5/h3,9H,1-2,7H2/t3-,5+/m0/s1. The minimum atomic E-state index is -2.07. The van der Waals surface area contributed by atoms with Crippen LogP contribution in [0.5, 0.6) is 0 Å². The van der Waals surface area contributed by atoms with Crippen LogP contribution < -0.4 is 5.73 Å². The first-order valence-electron chi connectivity index (χ1n) is 2.84. The minimum Gasteiger partial charge on any atom is -0.428 e. The Hall–Kier alpha value is -0.680. The van der Waals surface area contributed by atoms with E-state index in [9.17, 15) is 9.18 Å².